The van der Waals surface area contributed by atoms with Crippen molar-refractivity contribution >= 4 is 27.0 Å². The molecule has 1 atom stereocenters. The zero-order valence-corrected chi connectivity index (χ0v) is 14.7. The predicted octanol–water partition coefficient (Wildman–Crippen LogP) is 5.48. The van der Waals surface area contributed by atoms with Gasteiger partial charge in [0.15, 0.2) is 11.9 Å². The fourth-order valence-electron chi connectivity index (χ4n) is 2.66. The van der Waals surface area contributed by atoms with Crippen molar-refractivity contribution in [1.82, 2.24) is 9.55 Å². The van der Waals surface area contributed by atoms with Crippen LogP contribution in [-0.4, -0.2) is 9.55 Å². The van der Waals surface area contributed by atoms with Crippen molar-refractivity contribution in [3.8, 4) is 5.75 Å². The normalized spacial score (nSPS) is 12.3. The van der Waals surface area contributed by atoms with Gasteiger partial charge in [-0.1, -0.05) is 59.8 Å². The van der Waals surface area contributed by atoms with Crippen molar-refractivity contribution in [3.05, 3.63) is 71.5 Å². The van der Waals surface area contributed by atoms with E-state index in [9.17, 15) is 0 Å². The van der Waals surface area contributed by atoms with Gasteiger partial charge in [0.2, 0.25) is 0 Å². The zero-order valence-electron chi connectivity index (χ0n) is 13.1. The summed E-state index contributed by atoms with van der Waals surface area (Å²) in [5, 5.41) is 0. The molecule has 0 aliphatic rings. The van der Waals surface area contributed by atoms with Crippen LogP contribution in [0, 0.1) is 0 Å². The first-order valence-electron chi connectivity index (χ1n) is 7.69. The van der Waals surface area contributed by atoms with Gasteiger partial charge in [-0.3, -0.25) is 0 Å². The van der Waals surface area contributed by atoms with Gasteiger partial charge >= 0.3 is 0 Å². The smallest absolute Gasteiger partial charge is 0.156 e. The fourth-order valence-corrected chi connectivity index (χ4v) is 2.91. The molecule has 0 spiro atoms. The lowest BCUT2D eigenvalue weighted by Crippen LogP contribution is -2.14. The van der Waals surface area contributed by atoms with Gasteiger partial charge < -0.3 is 9.30 Å². The molecule has 23 heavy (non-hydrogen) atoms. The molecule has 1 unspecified atom stereocenters. The SMILES string of the molecule is C=C(Br)Cn1c(C(CC)Oc2ccccc2)nc2ccccc21. The maximum atomic E-state index is 6.17. The molecule has 1 heterocycles. The van der Waals surface area contributed by atoms with Crippen molar-refractivity contribution in [2.24, 2.45) is 0 Å². The molecule has 0 saturated heterocycles. The number of imidazole rings is 1. The number of nitrogens with zero attached hydrogens (tertiary/aromatic N) is 2. The summed E-state index contributed by atoms with van der Waals surface area (Å²) in [6.07, 6.45) is 0.740. The summed E-state index contributed by atoms with van der Waals surface area (Å²) >= 11 is 3.47. The topological polar surface area (TPSA) is 27.1 Å². The highest BCUT2D eigenvalue weighted by Crippen LogP contribution is 2.28. The van der Waals surface area contributed by atoms with E-state index < -0.39 is 0 Å². The number of benzene rings is 2. The molecule has 0 fully saturated rings. The van der Waals surface area contributed by atoms with Gasteiger partial charge in [-0.15, -0.1) is 0 Å². The second kappa shape index (κ2) is 7.01. The predicted molar refractivity (Wildman–Crippen MR) is 97.9 cm³/mol. The van der Waals surface area contributed by atoms with Crippen LogP contribution in [0.4, 0.5) is 0 Å². The Morgan fingerprint density at radius 1 is 1.17 bits per heavy atom. The number of rotatable bonds is 6. The quantitative estimate of drug-likeness (QED) is 0.574. The van der Waals surface area contributed by atoms with Gasteiger partial charge in [-0.25, -0.2) is 4.98 Å². The van der Waals surface area contributed by atoms with E-state index in [1.54, 1.807) is 0 Å². The van der Waals surface area contributed by atoms with E-state index in [-0.39, 0.29) is 6.10 Å². The molecule has 0 amide bonds. The molecule has 118 valence electrons. The summed E-state index contributed by atoms with van der Waals surface area (Å²) in [6.45, 7) is 6.76. The third-order valence-electron chi connectivity index (χ3n) is 3.69. The summed E-state index contributed by atoms with van der Waals surface area (Å²) in [4.78, 5) is 4.81. The Morgan fingerprint density at radius 2 is 1.87 bits per heavy atom. The Balaban J connectivity index is 2.03. The summed E-state index contributed by atoms with van der Waals surface area (Å²) in [6, 6.07) is 18.0. The first-order chi connectivity index (χ1) is 11.2. The average Bonchev–Trinajstić information content (AvgIpc) is 2.92. The van der Waals surface area contributed by atoms with Crippen LogP contribution in [0.2, 0.25) is 0 Å². The first-order valence-corrected chi connectivity index (χ1v) is 8.48. The molecular formula is C19H19BrN2O. The Kier molecular flexibility index (Phi) is 4.82. The Bertz CT molecular complexity index is 811. The zero-order chi connectivity index (χ0) is 16.2. The molecule has 0 saturated carbocycles. The molecule has 3 aromatic rings. The molecule has 0 aliphatic heterocycles. The number of para-hydroxylation sites is 3. The summed E-state index contributed by atoms with van der Waals surface area (Å²) < 4.78 is 9.26. The number of hydrogen-bond acceptors (Lipinski definition) is 2. The van der Waals surface area contributed by atoms with Crippen LogP contribution >= 0.6 is 15.9 Å². The highest BCUT2D eigenvalue weighted by Gasteiger charge is 2.20. The second-order valence-electron chi connectivity index (χ2n) is 5.39. The van der Waals surface area contributed by atoms with Crippen molar-refractivity contribution in [1.29, 1.82) is 0 Å². The van der Waals surface area contributed by atoms with Crippen molar-refractivity contribution < 1.29 is 4.74 Å². The van der Waals surface area contributed by atoms with Gasteiger partial charge in [-0.2, -0.15) is 0 Å². The van der Waals surface area contributed by atoms with Crippen LogP contribution in [0.15, 0.2) is 65.7 Å². The summed E-state index contributed by atoms with van der Waals surface area (Å²) in [5.74, 6) is 1.79. The molecular weight excluding hydrogens is 352 g/mol. The molecule has 4 heteroatoms. The first kappa shape index (κ1) is 15.8. The minimum atomic E-state index is -0.100. The van der Waals surface area contributed by atoms with Crippen LogP contribution in [0.3, 0.4) is 0 Å². The molecule has 0 aliphatic carbocycles. The van der Waals surface area contributed by atoms with Gasteiger partial charge in [0.05, 0.1) is 17.6 Å². The van der Waals surface area contributed by atoms with Crippen LogP contribution in [-0.2, 0) is 6.54 Å². The fraction of sp³-hybridized carbons (Fsp3) is 0.211. The minimum Gasteiger partial charge on any atom is -0.483 e. The summed E-state index contributed by atoms with van der Waals surface area (Å²) in [7, 11) is 0. The Labute approximate surface area is 144 Å². The molecule has 3 nitrogen and oxygen atoms in total. The second-order valence-corrected chi connectivity index (χ2v) is 6.51. The monoisotopic (exact) mass is 370 g/mol. The average molecular weight is 371 g/mol. The van der Waals surface area contributed by atoms with E-state index in [4.69, 9.17) is 9.72 Å². The van der Waals surface area contributed by atoms with Gasteiger partial charge in [-0.05, 0) is 30.7 Å². The number of halogens is 1. The van der Waals surface area contributed by atoms with Crippen LogP contribution in [0.5, 0.6) is 5.75 Å². The van der Waals surface area contributed by atoms with Gasteiger partial charge in [0, 0.05) is 4.48 Å². The molecule has 0 bridgehead atoms. The molecule has 3 rings (SSSR count). The highest BCUT2D eigenvalue weighted by molar-refractivity contribution is 9.11. The molecule has 1 aromatic heterocycles. The van der Waals surface area contributed by atoms with Crippen LogP contribution < -0.4 is 4.74 Å². The Morgan fingerprint density at radius 3 is 2.57 bits per heavy atom. The third kappa shape index (κ3) is 3.48. The van der Waals surface area contributed by atoms with Gasteiger partial charge in [0.25, 0.3) is 0 Å². The highest BCUT2D eigenvalue weighted by atomic mass is 79.9. The van der Waals surface area contributed by atoms with E-state index in [2.05, 4.69) is 40.1 Å². The summed E-state index contributed by atoms with van der Waals surface area (Å²) in [5.41, 5.74) is 2.07. The number of aromatic nitrogens is 2. The lowest BCUT2D eigenvalue weighted by molar-refractivity contribution is 0.187. The number of allylic oxidation sites excluding steroid dienone is 1. The van der Waals surface area contributed by atoms with Crippen molar-refractivity contribution in [3.63, 3.8) is 0 Å². The molecule has 2 aromatic carbocycles. The van der Waals surface area contributed by atoms with E-state index in [0.717, 1.165) is 33.5 Å². The minimum absolute atomic E-state index is 0.100. The van der Waals surface area contributed by atoms with E-state index in [0.29, 0.717) is 6.54 Å². The van der Waals surface area contributed by atoms with Gasteiger partial charge in [0.1, 0.15) is 5.75 Å². The Hall–Kier alpha value is -2.07. The third-order valence-corrected chi connectivity index (χ3v) is 3.94. The number of hydrogen-bond donors (Lipinski definition) is 0. The maximum absolute atomic E-state index is 6.17. The van der Waals surface area contributed by atoms with Crippen molar-refractivity contribution in [2.45, 2.75) is 26.0 Å². The van der Waals surface area contributed by atoms with E-state index in [1.807, 2.05) is 48.5 Å². The largest absolute Gasteiger partial charge is 0.483 e. The number of ether oxygens (including phenoxy) is 1. The lowest BCUT2D eigenvalue weighted by atomic mass is 10.2. The van der Waals surface area contributed by atoms with E-state index >= 15 is 0 Å². The molecule has 0 N–H and O–H groups in total. The number of fused-ring (bicyclic) bond motifs is 1. The van der Waals surface area contributed by atoms with Crippen LogP contribution in [0.1, 0.15) is 25.3 Å². The van der Waals surface area contributed by atoms with Crippen LogP contribution in [0.25, 0.3) is 11.0 Å². The standard InChI is InChI=1S/C19H19BrN2O/c1-3-18(23-15-9-5-4-6-10-15)19-21-16-11-7-8-12-17(16)22(19)13-14(2)20/h4-12,18H,2-3,13H2,1H3. The molecule has 0 radical (unpaired) electrons. The van der Waals surface area contributed by atoms with E-state index in [1.165, 1.54) is 0 Å². The van der Waals surface area contributed by atoms with Crippen molar-refractivity contribution in [2.75, 3.05) is 0 Å². The lowest BCUT2D eigenvalue weighted by Gasteiger charge is -2.19. The maximum Gasteiger partial charge on any atom is 0.156 e.